The number of hydrogen-bond acceptors (Lipinski definition) is 6. The van der Waals surface area contributed by atoms with Crippen LogP contribution < -0.4 is 14.8 Å². The maximum Gasteiger partial charge on any atom is 0.263 e. The summed E-state index contributed by atoms with van der Waals surface area (Å²) >= 11 is 0. The second kappa shape index (κ2) is 7.04. The molecule has 0 aliphatic rings. The first-order valence-corrected chi connectivity index (χ1v) is 8.99. The third-order valence-electron chi connectivity index (χ3n) is 3.32. The lowest BCUT2D eigenvalue weighted by Gasteiger charge is -2.13. The number of benzene rings is 1. The number of aromatic nitrogens is 2. The first-order valence-electron chi connectivity index (χ1n) is 7.51. The molecule has 0 atom stereocenters. The van der Waals surface area contributed by atoms with Crippen LogP contribution >= 0.6 is 0 Å². The number of nitrogens with one attached hydrogen (secondary N) is 2. The molecular formula is C16H22N4O3S. The molecule has 0 amide bonds. The van der Waals surface area contributed by atoms with Crippen LogP contribution in [0.2, 0.25) is 0 Å². The van der Waals surface area contributed by atoms with E-state index in [2.05, 4.69) is 20.2 Å². The number of hydrogen-bond donors (Lipinski definition) is 2. The smallest absolute Gasteiger partial charge is 0.263 e. The summed E-state index contributed by atoms with van der Waals surface area (Å²) in [6, 6.07) is 6.74. The van der Waals surface area contributed by atoms with Gasteiger partial charge in [-0.3, -0.25) is 4.72 Å². The zero-order valence-electron chi connectivity index (χ0n) is 14.4. The fraction of sp³-hybridized carbons (Fsp3) is 0.375. The Morgan fingerprint density at radius 3 is 2.21 bits per heavy atom. The molecule has 0 spiro atoms. The van der Waals surface area contributed by atoms with Gasteiger partial charge < -0.3 is 10.1 Å². The van der Waals surface area contributed by atoms with Crippen LogP contribution in [0.25, 0.3) is 0 Å². The minimum Gasteiger partial charge on any atom is -0.496 e. The minimum atomic E-state index is -3.76. The molecule has 0 radical (unpaired) electrons. The van der Waals surface area contributed by atoms with Gasteiger partial charge >= 0.3 is 0 Å². The van der Waals surface area contributed by atoms with Crippen molar-refractivity contribution in [1.82, 2.24) is 10.2 Å². The topological polar surface area (TPSA) is 93.2 Å². The first kappa shape index (κ1) is 18.0. The first-order chi connectivity index (χ1) is 11.2. The monoisotopic (exact) mass is 350 g/mol. The van der Waals surface area contributed by atoms with Crippen LogP contribution in [-0.4, -0.2) is 31.8 Å². The Balaban J connectivity index is 2.27. The molecule has 0 saturated carbocycles. The number of ether oxygens (including phenoxy) is 1. The number of aryl methyl sites for hydroxylation is 2. The predicted molar refractivity (Wildman–Crippen MR) is 94.1 cm³/mol. The van der Waals surface area contributed by atoms with Crippen LogP contribution in [-0.2, 0) is 10.0 Å². The summed E-state index contributed by atoms with van der Waals surface area (Å²) in [5.74, 6) is 1.40. The highest BCUT2D eigenvalue weighted by Crippen LogP contribution is 2.26. The van der Waals surface area contributed by atoms with Crippen molar-refractivity contribution in [3.05, 3.63) is 35.4 Å². The van der Waals surface area contributed by atoms with Gasteiger partial charge in [0.15, 0.2) is 5.82 Å². The van der Waals surface area contributed by atoms with Gasteiger partial charge in [0.25, 0.3) is 10.0 Å². The van der Waals surface area contributed by atoms with E-state index in [1.807, 2.05) is 13.8 Å². The molecule has 0 aliphatic carbocycles. The Kier molecular flexibility index (Phi) is 5.28. The van der Waals surface area contributed by atoms with Crippen LogP contribution in [0.5, 0.6) is 5.75 Å². The van der Waals surface area contributed by atoms with Gasteiger partial charge in [0.2, 0.25) is 0 Å². The number of anilines is 2. The number of nitrogens with zero attached hydrogens (tertiary/aromatic N) is 2. The summed E-state index contributed by atoms with van der Waals surface area (Å²) < 4.78 is 32.9. The van der Waals surface area contributed by atoms with Gasteiger partial charge in [-0.2, -0.15) is 0 Å². The lowest BCUT2D eigenvalue weighted by atomic mass is 10.1. The molecule has 7 nitrogen and oxygen atoms in total. The molecule has 1 heterocycles. The Labute approximate surface area is 142 Å². The fourth-order valence-corrected chi connectivity index (χ4v) is 3.53. The molecule has 1 aromatic carbocycles. The van der Waals surface area contributed by atoms with Crippen LogP contribution in [0.3, 0.4) is 0 Å². The lowest BCUT2D eigenvalue weighted by Crippen LogP contribution is -2.17. The summed E-state index contributed by atoms with van der Waals surface area (Å²) in [5, 5.41) is 10.9. The molecule has 0 aliphatic heterocycles. The molecule has 0 bridgehead atoms. The molecule has 1 aromatic heterocycles. The average molecular weight is 350 g/mol. The molecular weight excluding hydrogens is 328 g/mol. The molecule has 0 unspecified atom stereocenters. The minimum absolute atomic E-state index is 0.164. The number of rotatable bonds is 6. The van der Waals surface area contributed by atoms with Crippen LogP contribution in [0.4, 0.5) is 11.6 Å². The Morgan fingerprint density at radius 2 is 1.67 bits per heavy atom. The summed E-state index contributed by atoms with van der Waals surface area (Å²) in [5.41, 5.74) is 1.34. The van der Waals surface area contributed by atoms with E-state index in [1.165, 1.54) is 0 Å². The summed E-state index contributed by atoms with van der Waals surface area (Å²) in [6.45, 7) is 7.47. The van der Waals surface area contributed by atoms with Gasteiger partial charge in [-0.25, -0.2) is 8.42 Å². The SMILES string of the molecule is COc1cc(C)c(S(=O)(=O)Nc2ccc(NC(C)C)nn2)cc1C. The quantitative estimate of drug-likeness (QED) is 0.832. The summed E-state index contributed by atoms with van der Waals surface area (Å²) in [7, 11) is -2.20. The molecule has 2 aromatic rings. The van der Waals surface area contributed by atoms with Gasteiger partial charge in [0, 0.05) is 6.04 Å². The zero-order chi connectivity index (χ0) is 17.9. The van der Waals surface area contributed by atoms with E-state index in [1.54, 1.807) is 45.2 Å². The molecule has 8 heteroatoms. The Bertz CT molecular complexity index is 818. The fourth-order valence-electron chi connectivity index (χ4n) is 2.22. The van der Waals surface area contributed by atoms with Crippen molar-refractivity contribution in [3.63, 3.8) is 0 Å². The standard InChI is InChI=1S/C16H22N4O3S/c1-10(2)17-15-6-7-16(19-18-15)20-24(21,22)14-9-11(3)13(23-5)8-12(14)4/h6-10H,1-5H3,(H,17,18)(H,19,20). The number of methoxy groups -OCH3 is 1. The second-order valence-corrected chi connectivity index (χ2v) is 7.45. The molecule has 0 saturated heterocycles. The maximum absolute atomic E-state index is 12.6. The van der Waals surface area contributed by atoms with E-state index in [4.69, 9.17) is 4.74 Å². The van der Waals surface area contributed by atoms with Crippen LogP contribution in [0.15, 0.2) is 29.2 Å². The van der Waals surface area contributed by atoms with E-state index in [0.717, 1.165) is 5.56 Å². The Morgan fingerprint density at radius 1 is 1.04 bits per heavy atom. The van der Waals surface area contributed by atoms with Crippen molar-refractivity contribution in [2.75, 3.05) is 17.1 Å². The zero-order valence-corrected chi connectivity index (χ0v) is 15.2. The van der Waals surface area contributed by atoms with E-state index in [-0.39, 0.29) is 16.8 Å². The normalized spacial score (nSPS) is 11.4. The van der Waals surface area contributed by atoms with Gasteiger partial charge in [-0.05, 0) is 63.1 Å². The van der Waals surface area contributed by atoms with Crippen molar-refractivity contribution < 1.29 is 13.2 Å². The van der Waals surface area contributed by atoms with Crippen LogP contribution in [0, 0.1) is 13.8 Å². The molecule has 0 fully saturated rings. The highest BCUT2D eigenvalue weighted by molar-refractivity contribution is 7.92. The third-order valence-corrected chi connectivity index (χ3v) is 4.82. The molecule has 2 N–H and O–H groups in total. The average Bonchev–Trinajstić information content (AvgIpc) is 2.50. The van der Waals surface area contributed by atoms with Gasteiger partial charge in [0.1, 0.15) is 11.6 Å². The van der Waals surface area contributed by atoms with Crippen molar-refractivity contribution in [2.24, 2.45) is 0 Å². The van der Waals surface area contributed by atoms with Crippen LogP contribution in [0.1, 0.15) is 25.0 Å². The van der Waals surface area contributed by atoms with Crippen molar-refractivity contribution in [2.45, 2.75) is 38.6 Å². The Hall–Kier alpha value is -2.35. The summed E-state index contributed by atoms with van der Waals surface area (Å²) in [6.07, 6.45) is 0. The van der Waals surface area contributed by atoms with Crippen molar-refractivity contribution in [1.29, 1.82) is 0 Å². The largest absolute Gasteiger partial charge is 0.496 e. The van der Waals surface area contributed by atoms with Gasteiger partial charge in [0.05, 0.1) is 12.0 Å². The van der Waals surface area contributed by atoms with Crippen molar-refractivity contribution >= 4 is 21.7 Å². The lowest BCUT2D eigenvalue weighted by molar-refractivity contribution is 0.411. The highest BCUT2D eigenvalue weighted by Gasteiger charge is 2.19. The van der Waals surface area contributed by atoms with Crippen molar-refractivity contribution in [3.8, 4) is 5.75 Å². The van der Waals surface area contributed by atoms with E-state index in [0.29, 0.717) is 17.1 Å². The highest BCUT2D eigenvalue weighted by atomic mass is 32.2. The maximum atomic E-state index is 12.6. The summed E-state index contributed by atoms with van der Waals surface area (Å²) in [4.78, 5) is 0.187. The van der Waals surface area contributed by atoms with E-state index >= 15 is 0 Å². The van der Waals surface area contributed by atoms with E-state index in [9.17, 15) is 8.42 Å². The van der Waals surface area contributed by atoms with E-state index < -0.39 is 10.0 Å². The van der Waals surface area contributed by atoms with Gasteiger partial charge in [-0.1, -0.05) is 0 Å². The number of sulfonamides is 1. The third kappa shape index (κ3) is 4.14. The molecule has 130 valence electrons. The van der Waals surface area contributed by atoms with Gasteiger partial charge in [-0.15, -0.1) is 10.2 Å². The molecule has 24 heavy (non-hydrogen) atoms. The predicted octanol–water partition coefficient (Wildman–Crippen LogP) is 2.72. The second-order valence-electron chi connectivity index (χ2n) is 5.80. The molecule has 2 rings (SSSR count).